The van der Waals surface area contributed by atoms with Crippen LogP contribution < -0.4 is 5.32 Å². The quantitative estimate of drug-likeness (QED) is 0.474. The first-order valence-electron chi connectivity index (χ1n) is 8.45. The summed E-state index contributed by atoms with van der Waals surface area (Å²) in [6, 6.07) is 7.20. The van der Waals surface area contributed by atoms with Gasteiger partial charge in [0.05, 0.1) is 19.1 Å². The predicted octanol–water partition coefficient (Wildman–Crippen LogP) is 3.49. The van der Waals surface area contributed by atoms with E-state index in [0.717, 1.165) is 6.07 Å². The van der Waals surface area contributed by atoms with Crippen LogP contribution in [0.15, 0.2) is 52.2 Å². The average Bonchev–Trinajstić information content (AvgIpc) is 3.30. The molecule has 9 nitrogen and oxygen atoms in total. The van der Waals surface area contributed by atoms with E-state index in [4.69, 9.17) is 4.42 Å². The monoisotopic (exact) mass is 393 g/mol. The number of aromatic nitrogens is 3. The number of furan rings is 1. The first kappa shape index (κ1) is 16.9. The zero-order chi connectivity index (χ0) is 20.1. The summed E-state index contributed by atoms with van der Waals surface area (Å²) in [5.74, 6) is -0.460. The lowest BCUT2D eigenvalue weighted by molar-refractivity contribution is 0.186. The molecule has 0 bridgehead atoms. The van der Waals surface area contributed by atoms with Crippen molar-refractivity contribution in [2.24, 2.45) is 4.99 Å². The Morgan fingerprint density at radius 1 is 1.28 bits per heavy atom. The van der Waals surface area contributed by atoms with Gasteiger partial charge in [0, 0.05) is 29.5 Å². The van der Waals surface area contributed by atoms with Gasteiger partial charge in [0.1, 0.15) is 28.5 Å². The van der Waals surface area contributed by atoms with Crippen LogP contribution in [0.1, 0.15) is 11.1 Å². The molecular formula is C19H12FN5O4. The number of hydrogen-bond donors (Lipinski definition) is 2. The van der Waals surface area contributed by atoms with E-state index >= 15 is 0 Å². The van der Waals surface area contributed by atoms with Crippen LogP contribution in [0.3, 0.4) is 0 Å². The van der Waals surface area contributed by atoms with E-state index in [2.05, 4.69) is 25.1 Å². The molecule has 0 fully saturated rings. The van der Waals surface area contributed by atoms with Crippen molar-refractivity contribution < 1.29 is 23.4 Å². The lowest BCUT2D eigenvalue weighted by Gasteiger charge is -2.08. The molecule has 0 spiro atoms. The molecule has 0 aliphatic carbocycles. The minimum absolute atomic E-state index is 0.00288. The number of phenolic OH excluding ortho intramolecular Hbond substituents is 1. The van der Waals surface area contributed by atoms with E-state index in [0.29, 0.717) is 33.9 Å². The number of nitrogens with zero attached hydrogens (tertiary/aromatic N) is 4. The summed E-state index contributed by atoms with van der Waals surface area (Å²) in [4.78, 5) is 20.5. The number of amides is 1. The van der Waals surface area contributed by atoms with Crippen molar-refractivity contribution in [3.63, 3.8) is 0 Å². The van der Waals surface area contributed by atoms with Crippen LogP contribution in [0.5, 0.6) is 5.75 Å². The Morgan fingerprint density at radius 2 is 2.14 bits per heavy atom. The molecule has 10 heteroatoms. The highest BCUT2D eigenvalue weighted by atomic mass is 19.1. The van der Waals surface area contributed by atoms with Gasteiger partial charge in [0.25, 0.3) is 5.95 Å². The number of hydrogen-bond acceptors (Lipinski definition) is 7. The van der Waals surface area contributed by atoms with Crippen molar-refractivity contribution in [2.45, 2.75) is 0 Å². The fourth-order valence-electron chi connectivity index (χ4n) is 3.22. The summed E-state index contributed by atoms with van der Waals surface area (Å²) >= 11 is 0. The molecule has 1 aliphatic rings. The summed E-state index contributed by atoms with van der Waals surface area (Å²) in [5, 5.41) is 16.2. The summed E-state index contributed by atoms with van der Waals surface area (Å²) in [7, 11) is 1.23. The summed E-state index contributed by atoms with van der Waals surface area (Å²) < 4.78 is 26.3. The maximum Gasteiger partial charge on any atom is 0.413 e. The Balaban J connectivity index is 1.79. The Kier molecular flexibility index (Phi) is 3.60. The number of rotatable bonds is 2. The highest BCUT2D eigenvalue weighted by Gasteiger charge is 2.27. The van der Waals surface area contributed by atoms with Crippen LogP contribution in [-0.4, -0.2) is 38.6 Å². The molecule has 144 valence electrons. The van der Waals surface area contributed by atoms with Gasteiger partial charge in [-0.05, 0) is 18.2 Å². The van der Waals surface area contributed by atoms with E-state index in [1.54, 1.807) is 18.3 Å². The van der Waals surface area contributed by atoms with E-state index in [9.17, 15) is 14.3 Å². The number of carbonyl (C=O) groups is 1. The second-order valence-corrected chi connectivity index (χ2v) is 6.18. The van der Waals surface area contributed by atoms with Crippen molar-refractivity contribution in [3.8, 4) is 17.2 Å². The third-order valence-corrected chi connectivity index (χ3v) is 4.47. The zero-order valence-electron chi connectivity index (χ0n) is 14.9. The number of aromatic hydroxyl groups is 1. The third-order valence-electron chi connectivity index (χ3n) is 4.47. The number of anilines is 1. The zero-order valence-corrected chi connectivity index (χ0v) is 14.9. The van der Waals surface area contributed by atoms with Crippen molar-refractivity contribution in [1.82, 2.24) is 14.6 Å². The molecule has 0 radical (unpaired) electrons. The molecule has 3 aromatic heterocycles. The second-order valence-electron chi connectivity index (χ2n) is 6.18. The number of methoxy groups -OCH3 is 1. The first-order valence-corrected chi connectivity index (χ1v) is 8.45. The van der Waals surface area contributed by atoms with E-state index in [-0.39, 0.29) is 17.3 Å². The molecule has 4 heterocycles. The van der Waals surface area contributed by atoms with Crippen LogP contribution in [0.2, 0.25) is 0 Å². The van der Waals surface area contributed by atoms with Crippen molar-refractivity contribution in [3.05, 3.63) is 59.7 Å². The SMILES string of the molecule is COC(=O)Nc1nc2c3c(ccn3n1)C(c1ccc(O)cc1F)=Nc1ccoc1-2. The van der Waals surface area contributed by atoms with Gasteiger partial charge in [0.2, 0.25) is 0 Å². The largest absolute Gasteiger partial charge is 0.508 e. The van der Waals surface area contributed by atoms with Gasteiger partial charge in [0.15, 0.2) is 5.76 Å². The van der Waals surface area contributed by atoms with Crippen molar-refractivity contribution in [1.29, 1.82) is 0 Å². The minimum Gasteiger partial charge on any atom is -0.508 e. The number of benzene rings is 1. The molecule has 2 N–H and O–H groups in total. The molecular weight excluding hydrogens is 381 g/mol. The maximum absolute atomic E-state index is 14.6. The van der Waals surface area contributed by atoms with Gasteiger partial charge < -0.3 is 14.3 Å². The minimum atomic E-state index is -0.722. The van der Waals surface area contributed by atoms with Crippen LogP contribution in [0.25, 0.3) is 17.0 Å². The maximum atomic E-state index is 14.6. The molecule has 5 rings (SSSR count). The molecule has 29 heavy (non-hydrogen) atoms. The summed E-state index contributed by atoms with van der Waals surface area (Å²) in [6.45, 7) is 0. The summed E-state index contributed by atoms with van der Waals surface area (Å²) in [5.41, 5.74) is 2.45. The predicted molar refractivity (Wildman–Crippen MR) is 100 cm³/mol. The Morgan fingerprint density at radius 3 is 2.93 bits per heavy atom. The number of aliphatic imine (C=N–C) groups is 1. The molecule has 4 aromatic rings. The molecule has 1 aromatic carbocycles. The van der Waals surface area contributed by atoms with Gasteiger partial charge in [-0.25, -0.2) is 23.7 Å². The van der Waals surface area contributed by atoms with Gasteiger partial charge in [-0.1, -0.05) is 0 Å². The fourth-order valence-corrected chi connectivity index (χ4v) is 3.22. The topological polar surface area (TPSA) is 114 Å². The van der Waals surface area contributed by atoms with Crippen LogP contribution >= 0.6 is 0 Å². The highest BCUT2D eigenvalue weighted by molar-refractivity contribution is 6.20. The van der Waals surface area contributed by atoms with E-state index < -0.39 is 11.9 Å². The fraction of sp³-hybridized carbons (Fsp3) is 0.0526. The highest BCUT2D eigenvalue weighted by Crippen LogP contribution is 2.39. The molecule has 0 saturated carbocycles. The smallest absolute Gasteiger partial charge is 0.413 e. The molecule has 1 aliphatic heterocycles. The lowest BCUT2D eigenvalue weighted by atomic mass is 10.0. The van der Waals surface area contributed by atoms with Crippen molar-refractivity contribution in [2.75, 3.05) is 12.4 Å². The van der Waals surface area contributed by atoms with Gasteiger partial charge in [-0.15, -0.1) is 5.10 Å². The number of nitrogens with one attached hydrogen (secondary N) is 1. The van der Waals surface area contributed by atoms with E-state index in [1.807, 2.05) is 0 Å². The van der Waals surface area contributed by atoms with Crippen LogP contribution in [0, 0.1) is 5.82 Å². The van der Waals surface area contributed by atoms with Crippen LogP contribution in [0.4, 0.5) is 20.8 Å². The average molecular weight is 393 g/mol. The number of carbonyl (C=O) groups excluding carboxylic acids is 1. The molecule has 1 amide bonds. The van der Waals surface area contributed by atoms with E-state index in [1.165, 1.54) is 30.0 Å². The second kappa shape index (κ2) is 6.16. The normalized spacial score (nSPS) is 12.3. The molecule has 0 atom stereocenters. The lowest BCUT2D eigenvalue weighted by Crippen LogP contribution is -2.15. The number of halogens is 1. The van der Waals surface area contributed by atoms with Gasteiger partial charge in [-0.3, -0.25) is 5.32 Å². The van der Waals surface area contributed by atoms with Crippen LogP contribution in [-0.2, 0) is 4.74 Å². The standard InChI is InChI=1S/C19H12FN5O4/c1-28-19(27)23-18-22-15-16-11(4-6-25(16)24-18)14(21-13-5-7-29-17(13)15)10-3-2-9(26)8-12(10)20/h2-8,26H,1H3,(H,23,24,27). The number of phenols is 1. The van der Waals surface area contributed by atoms with Gasteiger partial charge in [-0.2, -0.15) is 0 Å². The van der Waals surface area contributed by atoms with Crippen molar-refractivity contribution >= 4 is 29.0 Å². The number of fused-ring (bicyclic) bond motifs is 2. The third kappa shape index (κ3) is 2.61. The Labute approximate surface area is 162 Å². The molecule has 0 unspecified atom stereocenters. The number of ether oxygens (including phenoxy) is 1. The summed E-state index contributed by atoms with van der Waals surface area (Å²) in [6.07, 6.45) is 2.36. The molecule has 0 saturated heterocycles. The Hall–Kier alpha value is -4.21. The first-order chi connectivity index (χ1) is 14.0. The van der Waals surface area contributed by atoms with Gasteiger partial charge >= 0.3 is 6.09 Å². The Bertz CT molecular complexity index is 1320.